The Morgan fingerprint density at radius 3 is 2.29 bits per heavy atom. The molecule has 142 valence electrons. The Morgan fingerprint density at radius 2 is 1.61 bits per heavy atom. The van der Waals surface area contributed by atoms with Gasteiger partial charge in [-0.05, 0) is 42.5 Å². The second-order valence-corrected chi connectivity index (χ2v) is 6.15. The minimum Gasteiger partial charge on any atom is -0.339 e. The molecule has 2 aromatic carbocycles. The number of hydrogen-bond donors (Lipinski definition) is 3. The molecule has 0 aliphatic heterocycles. The van der Waals surface area contributed by atoms with Crippen molar-refractivity contribution in [2.75, 3.05) is 16.0 Å². The number of amides is 2. The Morgan fingerprint density at radius 1 is 0.929 bits per heavy atom. The van der Waals surface area contributed by atoms with Crippen LogP contribution in [0, 0.1) is 5.82 Å². The van der Waals surface area contributed by atoms with Crippen LogP contribution in [0.15, 0.2) is 54.6 Å². The average molecular weight is 400 g/mol. The highest BCUT2D eigenvalue weighted by Crippen LogP contribution is 2.21. The van der Waals surface area contributed by atoms with Gasteiger partial charge in [-0.2, -0.15) is 0 Å². The summed E-state index contributed by atoms with van der Waals surface area (Å²) in [7, 11) is 0. The summed E-state index contributed by atoms with van der Waals surface area (Å²) in [6.07, 6.45) is 0. The normalized spacial score (nSPS) is 10.2. The number of nitrogens with zero attached hydrogens (tertiary/aromatic N) is 2. The minimum atomic E-state index is -0.727. The summed E-state index contributed by atoms with van der Waals surface area (Å²) < 4.78 is 13.8. The summed E-state index contributed by atoms with van der Waals surface area (Å²) in [6.45, 7) is 1.42. The Balaban J connectivity index is 1.69. The lowest BCUT2D eigenvalue weighted by Gasteiger charge is -2.09. The van der Waals surface area contributed by atoms with Crippen molar-refractivity contribution in [2.24, 2.45) is 0 Å². The first-order valence-electron chi connectivity index (χ1n) is 8.16. The molecule has 0 atom stereocenters. The van der Waals surface area contributed by atoms with Crippen LogP contribution in [-0.2, 0) is 4.79 Å². The third-order valence-electron chi connectivity index (χ3n) is 3.55. The highest BCUT2D eigenvalue weighted by atomic mass is 35.5. The maximum atomic E-state index is 13.8. The Labute approximate surface area is 164 Å². The molecule has 3 rings (SSSR count). The van der Waals surface area contributed by atoms with Crippen LogP contribution in [0.2, 0.25) is 5.02 Å². The number of carbonyl (C=O) groups is 2. The summed E-state index contributed by atoms with van der Waals surface area (Å²) in [5, 5.41) is 16.0. The van der Waals surface area contributed by atoms with Crippen molar-refractivity contribution < 1.29 is 14.0 Å². The second kappa shape index (κ2) is 8.45. The summed E-state index contributed by atoms with van der Waals surface area (Å²) >= 11 is 5.88. The van der Waals surface area contributed by atoms with E-state index < -0.39 is 11.7 Å². The van der Waals surface area contributed by atoms with E-state index in [1.807, 2.05) is 0 Å². The van der Waals surface area contributed by atoms with E-state index in [0.717, 1.165) is 6.07 Å². The van der Waals surface area contributed by atoms with E-state index >= 15 is 0 Å². The second-order valence-electron chi connectivity index (χ2n) is 5.74. The zero-order valence-electron chi connectivity index (χ0n) is 14.7. The summed E-state index contributed by atoms with van der Waals surface area (Å²) in [6, 6.07) is 14.1. The molecule has 7 nitrogen and oxygen atoms in total. The number of halogens is 2. The van der Waals surface area contributed by atoms with E-state index in [1.54, 1.807) is 30.3 Å². The van der Waals surface area contributed by atoms with Gasteiger partial charge in [-0.15, -0.1) is 10.2 Å². The van der Waals surface area contributed by atoms with Gasteiger partial charge in [-0.3, -0.25) is 9.59 Å². The fourth-order valence-corrected chi connectivity index (χ4v) is 2.63. The Hall–Kier alpha value is -3.52. The van der Waals surface area contributed by atoms with Gasteiger partial charge in [-0.25, -0.2) is 4.39 Å². The predicted molar refractivity (Wildman–Crippen MR) is 105 cm³/mol. The van der Waals surface area contributed by atoms with Gasteiger partial charge < -0.3 is 16.0 Å². The number of benzene rings is 2. The Bertz CT molecular complexity index is 1010. The molecule has 0 saturated heterocycles. The van der Waals surface area contributed by atoms with Gasteiger partial charge in [0.05, 0.1) is 10.6 Å². The zero-order valence-corrected chi connectivity index (χ0v) is 15.4. The minimum absolute atomic E-state index is 0.00259. The van der Waals surface area contributed by atoms with Gasteiger partial charge in [0.2, 0.25) is 5.91 Å². The first-order valence-corrected chi connectivity index (χ1v) is 8.54. The highest BCUT2D eigenvalue weighted by Gasteiger charge is 2.16. The van der Waals surface area contributed by atoms with Gasteiger partial charge in [0.1, 0.15) is 5.82 Å². The molecule has 0 aliphatic rings. The van der Waals surface area contributed by atoms with Gasteiger partial charge in [0, 0.05) is 18.3 Å². The van der Waals surface area contributed by atoms with E-state index in [4.69, 9.17) is 11.6 Å². The van der Waals surface area contributed by atoms with Crippen molar-refractivity contribution in [3.63, 3.8) is 0 Å². The van der Waals surface area contributed by atoms with Crippen molar-refractivity contribution in [3.05, 3.63) is 71.0 Å². The summed E-state index contributed by atoms with van der Waals surface area (Å²) in [4.78, 5) is 23.3. The lowest BCUT2D eigenvalue weighted by Crippen LogP contribution is -2.15. The molecule has 0 spiro atoms. The smallest absolute Gasteiger partial charge is 0.261 e. The third-order valence-corrected chi connectivity index (χ3v) is 3.87. The molecule has 0 unspecified atom stereocenters. The lowest BCUT2D eigenvalue weighted by molar-refractivity contribution is -0.114. The number of nitrogens with one attached hydrogen (secondary N) is 3. The van der Waals surface area contributed by atoms with E-state index in [9.17, 15) is 14.0 Å². The molecule has 0 aliphatic carbocycles. The lowest BCUT2D eigenvalue weighted by atomic mass is 10.2. The number of hydrogen-bond acceptors (Lipinski definition) is 5. The molecular weight excluding hydrogens is 385 g/mol. The summed E-state index contributed by atoms with van der Waals surface area (Å²) in [5.41, 5.74) is 1.06. The molecule has 0 radical (unpaired) electrons. The van der Waals surface area contributed by atoms with Crippen LogP contribution in [0.3, 0.4) is 0 Å². The number of carbonyl (C=O) groups excluding carboxylic acids is 2. The number of aromatic nitrogens is 2. The molecule has 1 heterocycles. The standard InChI is InChI=1S/C19H15ClFN5O2/c1-11(27)22-12-4-2-5-13(10-12)23-16-8-9-17(26-25-16)24-19(28)18-14(20)6-3-7-15(18)21/h2-10H,1H3,(H,22,27)(H,23,25)(H,24,26,28). The Kier molecular flexibility index (Phi) is 5.81. The fraction of sp³-hybridized carbons (Fsp3) is 0.0526. The van der Waals surface area contributed by atoms with Crippen molar-refractivity contribution in [3.8, 4) is 0 Å². The SMILES string of the molecule is CC(=O)Nc1cccc(Nc2ccc(NC(=O)c3c(F)cccc3Cl)nn2)c1. The van der Waals surface area contributed by atoms with Crippen LogP contribution in [0.1, 0.15) is 17.3 Å². The van der Waals surface area contributed by atoms with Crippen molar-refractivity contribution in [1.29, 1.82) is 0 Å². The molecule has 3 aromatic rings. The van der Waals surface area contributed by atoms with Crippen molar-refractivity contribution in [1.82, 2.24) is 10.2 Å². The first-order chi connectivity index (χ1) is 13.4. The first kappa shape index (κ1) is 19.2. The van der Waals surface area contributed by atoms with Crippen molar-refractivity contribution >= 4 is 46.4 Å². The van der Waals surface area contributed by atoms with Crippen LogP contribution < -0.4 is 16.0 Å². The maximum Gasteiger partial charge on any atom is 0.261 e. The number of anilines is 4. The molecular formula is C19H15ClFN5O2. The highest BCUT2D eigenvalue weighted by molar-refractivity contribution is 6.34. The molecule has 28 heavy (non-hydrogen) atoms. The zero-order chi connectivity index (χ0) is 20.1. The summed E-state index contributed by atoms with van der Waals surface area (Å²) in [5.74, 6) is -1.06. The van der Waals surface area contributed by atoms with Gasteiger partial charge in [0.15, 0.2) is 11.6 Å². The molecule has 2 amide bonds. The van der Waals surface area contributed by atoms with E-state index in [2.05, 4.69) is 26.1 Å². The molecule has 9 heteroatoms. The molecule has 3 N–H and O–H groups in total. The van der Waals surface area contributed by atoms with Crippen LogP contribution in [0.5, 0.6) is 0 Å². The van der Waals surface area contributed by atoms with Gasteiger partial charge in [-0.1, -0.05) is 23.7 Å². The quantitative estimate of drug-likeness (QED) is 0.596. The van der Waals surface area contributed by atoms with Gasteiger partial charge >= 0.3 is 0 Å². The predicted octanol–water partition coefficient (Wildman–Crippen LogP) is 4.22. The molecule has 0 fully saturated rings. The fourth-order valence-electron chi connectivity index (χ4n) is 2.39. The third kappa shape index (κ3) is 4.80. The number of rotatable bonds is 5. The van der Waals surface area contributed by atoms with Crippen molar-refractivity contribution in [2.45, 2.75) is 6.92 Å². The van der Waals surface area contributed by atoms with Crippen LogP contribution in [-0.4, -0.2) is 22.0 Å². The van der Waals surface area contributed by atoms with E-state index in [0.29, 0.717) is 17.2 Å². The monoisotopic (exact) mass is 399 g/mol. The maximum absolute atomic E-state index is 13.8. The molecule has 0 bridgehead atoms. The molecule has 0 saturated carbocycles. The molecule has 1 aromatic heterocycles. The van der Waals surface area contributed by atoms with Crippen LogP contribution in [0.25, 0.3) is 0 Å². The van der Waals surface area contributed by atoms with Gasteiger partial charge in [0.25, 0.3) is 5.91 Å². The van der Waals surface area contributed by atoms with E-state index in [1.165, 1.54) is 25.1 Å². The average Bonchev–Trinajstić information content (AvgIpc) is 2.63. The van der Waals surface area contributed by atoms with Crippen LogP contribution in [0.4, 0.5) is 27.4 Å². The topological polar surface area (TPSA) is 96.0 Å². The van der Waals surface area contributed by atoms with E-state index in [-0.39, 0.29) is 22.3 Å². The van der Waals surface area contributed by atoms with Crippen LogP contribution >= 0.6 is 11.6 Å². The largest absolute Gasteiger partial charge is 0.339 e.